The van der Waals surface area contributed by atoms with Crippen molar-refractivity contribution >= 4 is 0 Å². The molecule has 2 aliphatic rings. The van der Waals surface area contributed by atoms with Crippen molar-refractivity contribution in [2.45, 2.75) is 112 Å². The Morgan fingerprint density at radius 1 is 1.26 bits per heavy atom. The van der Waals surface area contributed by atoms with Crippen LogP contribution in [0, 0.1) is 12.3 Å². The third kappa shape index (κ3) is 9.71. The average molecular weight is 495 g/mol. The minimum atomic E-state index is -0.580. The number of rotatable bonds is 6. The normalized spacial score (nSPS) is 24.7. The highest BCUT2D eigenvalue weighted by Gasteiger charge is 2.31. The second kappa shape index (κ2) is 15.4. The second-order valence-corrected chi connectivity index (χ2v) is 10.1. The van der Waals surface area contributed by atoms with Crippen LogP contribution in [0.4, 0.5) is 0 Å². The van der Waals surface area contributed by atoms with Gasteiger partial charge in [-0.05, 0) is 45.4 Å². The Morgan fingerprint density at radius 3 is 2.34 bits per heavy atom. The van der Waals surface area contributed by atoms with Crippen LogP contribution in [0.3, 0.4) is 0 Å². The van der Waals surface area contributed by atoms with Gasteiger partial charge in [-0.25, -0.2) is 0 Å². The van der Waals surface area contributed by atoms with E-state index < -0.39 is 12.4 Å². The smallest absolute Gasteiger partial charge is 0.238 e. The molecule has 1 aromatic rings. The van der Waals surface area contributed by atoms with Crippen LogP contribution in [0.1, 0.15) is 91.4 Å². The van der Waals surface area contributed by atoms with Crippen LogP contribution >= 0.6 is 0 Å². The number of nitrogens with zero attached hydrogens (tertiary/aromatic N) is 2. The lowest BCUT2D eigenvalue weighted by Gasteiger charge is -2.31. The molecule has 0 aromatic carbocycles. The first-order valence-electron chi connectivity index (χ1n) is 13.0. The number of allylic oxidation sites excluding steroid dienone is 3. The van der Waals surface area contributed by atoms with Crippen molar-refractivity contribution in [2.75, 3.05) is 19.8 Å². The molecule has 2 fully saturated rings. The van der Waals surface area contributed by atoms with Crippen molar-refractivity contribution in [3.63, 3.8) is 0 Å². The summed E-state index contributed by atoms with van der Waals surface area (Å²) >= 11 is 0. The Morgan fingerprint density at radius 2 is 1.91 bits per heavy atom. The van der Waals surface area contributed by atoms with Gasteiger partial charge in [-0.3, -0.25) is 4.68 Å². The summed E-state index contributed by atoms with van der Waals surface area (Å²) in [6.07, 6.45) is 6.25. The lowest BCUT2D eigenvalue weighted by atomic mass is 9.85. The van der Waals surface area contributed by atoms with Gasteiger partial charge < -0.3 is 24.4 Å². The van der Waals surface area contributed by atoms with Gasteiger partial charge in [-0.1, -0.05) is 52.3 Å². The topological polar surface area (TPSA) is 86.0 Å². The molecule has 0 spiro atoms. The van der Waals surface area contributed by atoms with Gasteiger partial charge in [0.2, 0.25) is 12.2 Å². The molecule has 2 saturated heterocycles. The standard InChI is InChI=1S/C16H26N2O5.C9H18.C3H6/c1-3-14-10(2)18(11-4-5-21-9-11)17-16(14)23-15-7-12(20)6-13(8-19)22-15;1-6-8(7-2)9(3,4)5;1-3-2/h11-13,15,19-20H,3-9H2,1-2H3;6H,7H2,1-5H3;3H,1H2,2H3/b;8-6+;. The summed E-state index contributed by atoms with van der Waals surface area (Å²) in [5.41, 5.74) is 4.07. The Hall–Kier alpha value is -1.67. The number of aromatic nitrogens is 2. The number of aliphatic hydroxyl groups excluding tert-OH is 2. The van der Waals surface area contributed by atoms with E-state index in [0.29, 0.717) is 30.7 Å². The highest BCUT2D eigenvalue weighted by Crippen LogP contribution is 2.30. The molecule has 35 heavy (non-hydrogen) atoms. The van der Waals surface area contributed by atoms with Crippen molar-refractivity contribution in [3.8, 4) is 5.88 Å². The molecule has 0 aliphatic carbocycles. The number of hydrogen-bond donors (Lipinski definition) is 2. The average Bonchev–Trinajstić information content (AvgIpc) is 3.42. The van der Waals surface area contributed by atoms with Gasteiger partial charge in [-0.2, -0.15) is 0 Å². The molecule has 7 nitrogen and oxygen atoms in total. The molecule has 7 heteroatoms. The third-order valence-electron chi connectivity index (χ3n) is 6.33. The first kappa shape index (κ1) is 31.4. The molecule has 0 radical (unpaired) electrons. The summed E-state index contributed by atoms with van der Waals surface area (Å²) in [6.45, 7) is 21.8. The molecular formula is C28H50N2O5. The van der Waals surface area contributed by atoms with E-state index in [0.717, 1.165) is 30.7 Å². The predicted molar refractivity (Wildman–Crippen MR) is 142 cm³/mol. The Balaban J connectivity index is 0.000000429. The molecule has 202 valence electrons. The van der Waals surface area contributed by atoms with Gasteiger partial charge in [0.1, 0.15) is 0 Å². The van der Waals surface area contributed by atoms with Crippen LogP contribution in [-0.2, 0) is 15.9 Å². The van der Waals surface area contributed by atoms with Crippen LogP contribution in [0.15, 0.2) is 24.3 Å². The van der Waals surface area contributed by atoms with Crippen LogP contribution in [-0.4, -0.2) is 58.3 Å². The van der Waals surface area contributed by atoms with Crippen molar-refractivity contribution in [2.24, 2.45) is 5.41 Å². The van der Waals surface area contributed by atoms with Crippen LogP contribution in [0.2, 0.25) is 0 Å². The SMILES string of the molecule is C/C=C(\CC)C(C)(C)C.C=CC.CCc1c(OC2CC(O)CC(CO)O2)nn(C2CCOC2)c1C. The molecule has 2 aliphatic heterocycles. The molecule has 0 amide bonds. The molecule has 0 saturated carbocycles. The summed E-state index contributed by atoms with van der Waals surface area (Å²) in [5.74, 6) is 0.563. The fraction of sp³-hybridized carbons (Fsp3) is 0.750. The minimum Gasteiger partial charge on any atom is -0.446 e. The van der Waals surface area contributed by atoms with E-state index in [1.165, 1.54) is 6.42 Å². The summed E-state index contributed by atoms with van der Waals surface area (Å²) in [5, 5.41) is 23.8. The van der Waals surface area contributed by atoms with Crippen molar-refractivity contribution in [3.05, 3.63) is 35.6 Å². The van der Waals surface area contributed by atoms with E-state index in [9.17, 15) is 10.2 Å². The van der Waals surface area contributed by atoms with E-state index >= 15 is 0 Å². The van der Waals surface area contributed by atoms with E-state index in [4.69, 9.17) is 14.2 Å². The summed E-state index contributed by atoms with van der Waals surface area (Å²) in [7, 11) is 0. The zero-order valence-corrected chi connectivity index (χ0v) is 23.3. The Labute approximate surface area is 213 Å². The van der Waals surface area contributed by atoms with E-state index in [2.05, 4.69) is 59.3 Å². The van der Waals surface area contributed by atoms with Gasteiger partial charge in [0.15, 0.2) is 0 Å². The van der Waals surface area contributed by atoms with Crippen LogP contribution < -0.4 is 4.74 Å². The van der Waals surface area contributed by atoms with Gasteiger partial charge in [-0.15, -0.1) is 11.7 Å². The van der Waals surface area contributed by atoms with Crippen molar-refractivity contribution < 1.29 is 24.4 Å². The number of aliphatic hydroxyl groups is 2. The van der Waals surface area contributed by atoms with E-state index in [-0.39, 0.29) is 18.8 Å². The molecular weight excluding hydrogens is 444 g/mol. The maximum atomic E-state index is 9.90. The molecule has 2 N–H and O–H groups in total. The quantitative estimate of drug-likeness (QED) is 0.506. The molecule has 4 atom stereocenters. The number of hydrogen-bond acceptors (Lipinski definition) is 6. The van der Waals surface area contributed by atoms with E-state index in [1.54, 1.807) is 11.6 Å². The minimum absolute atomic E-state index is 0.121. The first-order valence-corrected chi connectivity index (χ1v) is 13.0. The van der Waals surface area contributed by atoms with E-state index in [1.807, 2.05) is 18.5 Å². The van der Waals surface area contributed by atoms with Crippen molar-refractivity contribution in [1.82, 2.24) is 9.78 Å². The summed E-state index contributed by atoms with van der Waals surface area (Å²) in [4.78, 5) is 0. The van der Waals surface area contributed by atoms with Crippen LogP contribution in [0.25, 0.3) is 0 Å². The maximum absolute atomic E-state index is 9.90. The lowest BCUT2D eigenvalue weighted by Crippen LogP contribution is -2.40. The molecule has 3 heterocycles. The maximum Gasteiger partial charge on any atom is 0.238 e. The highest BCUT2D eigenvalue weighted by molar-refractivity contribution is 5.31. The zero-order chi connectivity index (χ0) is 26.6. The lowest BCUT2D eigenvalue weighted by molar-refractivity contribution is -0.186. The van der Waals surface area contributed by atoms with Gasteiger partial charge in [0.05, 0.1) is 31.5 Å². The highest BCUT2D eigenvalue weighted by atomic mass is 16.7. The second-order valence-electron chi connectivity index (χ2n) is 10.1. The van der Waals surface area contributed by atoms with Gasteiger partial charge >= 0.3 is 0 Å². The molecule has 3 rings (SSSR count). The zero-order valence-electron chi connectivity index (χ0n) is 23.3. The number of ether oxygens (including phenoxy) is 3. The van der Waals surface area contributed by atoms with Crippen LogP contribution in [0.5, 0.6) is 5.88 Å². The Bertz CT molecular complexity index is 775. The molecule has 0 bridgehead atoms. The fourth-order valence-electron chi connectivity index (χ4n) is 4.53. The molecule has 4 unspecified atom stereocenters. The van der Waals surface area contributed by atoms with Gasteiger partial charge in [0.25, 0.3) is 0 Å². The first-order chi connectivity index (χ1) is 16.6. The van der Waals surface area contributed by atoms with Crippen molar-refractivity contribution in [1.29, 1.82) is 0 Å². The largest absolute Gasteiger partial charge is 0.446 e. The monoisotopic (exact) mass is 494 g/mol. The Kier molecular flexibility index (Phi) is 13.8. The third-order valence-corrected chi connectivity index (χ3v) is 6.33. The molecule has 1 aromatic heterocycles. The predicted octanol–water partition coefficient (Wildman–Crippen LogP) is 5.53. The fourth-order valence-corrected chi connectivity index (χ4v) is 4.53. The summed E-state index contributed by atoms with van der Waals surface area (Å²) in [6, 6.07) is 0.251. The summed E-state index contributed by atoms with van der Waals surface area (Å²) < 4.78 is 19.1. The van der Waals surface area contributed by atoms with Gasteiger partial charge in [0, 0.05) is 30.7 Å².